The minimum atomic E-state index is -0.192. The van der Waals surface area contributed by atoms with E-state index in [1.54, 1.807) is 29.5 Å². The molecule has 0 unspecified atom stereocenters. The molecule has 3 heterocycles. The summed E-state index contributed by atoms with van der Waals surface area (Å²) in [5, 5.41) is 16.2. The average molecular weight is 339 g/mol. The van der Waals surface area contributed by atoms with Crippen LogP contribution in [-0.4, -0.2) is 26.3 Å². The quantitative estimate of drug-likeness (QED) is 0.596. The molecule has 24 heavy (non-hydrogen) atoms. The molecule has 7 nitrogen and oxygen atoms in total. The Bertz CT molecular complexity index is 1020. The van der Waals surface area contributed by atoms with Crippen molar-refractivity contribution in [2.75, 3.05) is 0 Å². The lowest BCUT2D eigenvalue weighted by Crippen LogP contribution is -2.22. The smallest absolute Gasteiger partial charge is 0.251 e. The molecule has 0 aliphatic carbocycles. The molecule has 4 rings (SSSR count). The number of carbonyl (C=O) groups is 1. The molecule has 0 saturated heterocycles. The van der Waals surface area contributed by atoms with Gasteiger partial charge in [0.25, 0.3) is 5.91 Å². The van der Waals surface area contributed by atoms with Gasteiger partial charge in [-0.15, -0.1) is 11.3 Å². The maximum Gasteiger partial charge on any atom is 0.251 e. The number of hydrogen-bond acceptors (Lipinski definition) is 6. The van der Waals surface area contributed by atoms with Crippen molar-refractivity contribution in [2.45, 2.75) is 13.5 Å². The first-order chi connectivity index (χ1) is 11.7. The summed E-state index contributed by atoms with van der Waals surface area (Å²) >= 11 is 1.57. The van der Waals surface area contributed by atoms with Gasteiger partial charge in [-0.25, -0.2) is 4.98 Å². The van der Waals surface area contributed by atoms with E-state index in [1.807, 2.05) is 24.4 Å². The Hall–Kier alpha value is -3.00. The first kappa shape index (κ1) is 14.6. The van der Waals surface area contributed by atoms with Gasteiger partial charge < -0.3 is 9.73 Å². The molecule has 0 radical (unpaired) electrons. The number of aromatic nitrogens is 4. The van der Waals surface area contributed by atoms with E-state index in [0.29, 0.717) is 29.1 Å². The van der Waals surface area contributed by atoms with Crippen molar-refractivity contribution in [3.8, 4) is 11.5 Å². The summed E-state index contributed by atoms with van der Waals surface area (Å²) in [7, 11) is 0. The predicted molar refractivity (Wildman–Crippen MR) is 89.6 cm³/mol. The van der Waals surface area contributed by atoms with Gasteiger partial charge in [0, 0.05) is 10.9 Å². The third-order valence-electron chi connectivity index (χ3n) is 3.53. The molecule has 3 aromatic heterocycles. The molecule has 1 amide bonds. The third kappa shape index (κ3) is 2.79. The summed E-state index contributed by atoms with van der Waals surface area (Å²) in [5.41, 5.74) is 2.72. The lowest BCUT2D eigenvalue weighted by atomic mass is 10.2. The van der Waals surface area contributed by atoms with Gasteiger partial charge in [0.15, 0.2) is 5.76 Å². The molecule has 0 saturated carbocycles. The Kier molecular flexibility index (Phi) is 3.58. The largest absolute Gasteiger partial charge is 0.458 e. The van der Waals surface area contributed by atoms with Crippen molar-refractivity contribution in [2.24, 2.45) is 0 Å². The number of furan rings is 1. The summed E-state index contributed by atoms with van der Waals surface area (Å²) < 4.78 is 5.73. The van der Waals surface area contributed by atoms with Crippen LogP contribution >= 0.6 is 11.3 Å². The monoisotopic (exact) mass is 339 g/mol. The van der Waals surface area contributed by atoms with E-state index in [4.69, 9.17) is 4.42 Å². The van der Waals surface area contributed by atoms with Crippen molar-refractivity contribution in [1.29, 1.82) is 0 Å². The van der Waals surface area contributed by atoms with Crippen LogP contribution in [0.2, 0.25) is 0 Å². The van der Waals surface area contributed by atoms with Crippen LogP contribution in [0.25, 0.3) is 22.5 Å². The van der Waals surface area contributed by atoms with Crippen molar-refractivity contribution in [3.63, 3.8) is 0 Å². The number of aromatic amines is 1. The first-order valence-corrected chi connectivity index (χ1v) is 8.17. The SMILES string of the molecule is Cc1nc(-c2ccc(CNC(=O)c3ccc4n[nH]nc4c3)o2)cs1. The Balaban J connectivity index is 1.44. The molecule has 0 bridgehead atoms. The van der Waals surface area contributed by atoms with Crippen molar-refractivity contribution in [3.05, 3.63) is 52.0 Å². The van der Waals surface area contributed by atoms with Crippen molar-refractivity contribution in [1.82, 2.24) is 25.7 Å². The Morgan fingerprint density at radius 3 is 2.96 bits per heavy atom. The summed E-state index contributed by atoms with van der Waals surface area (Å²) in [6, 6.07) is 8.86. The molecule has 4 aromatic rings. The molecule has 0 fully saturated rings. The number of amides is 1. The zero-order chi connectivity index (χ0) is 16.5. The van der Waals surface area contributed by atoms with Crippen LogP contribution in [0.3, 0.4) is 0 Å². The van der Waals surface area contributed by atoms with Crippen LogP contribution < -0.4 is 5.32 Å². The fourth-order valence-electron chi connectivity index (χ4n) is 2.34. The van der Waals surface area contributed by atoms with Gasteiger partial charge in [0.05, 0.1) is 11.6 Å². The van der Waals surface area contributed by atoms with Gasteiger partial charge in [-0.3, -0.25) is 4.79 Å². The van der Waals surface area contributed by atoms with E-state index in [2.05, 4.69) is 25.7 Å². The van der Waals surface area contributed by atoms with E-state index >= 15 is 0 Å². The number of nitrogens with zero attached hydrogens (tertiary/aromatic N) is 3. The summed E-state index contributed by atoms with van der Waals surface area (Å²) in [6.07, 6.45) is 0. The average Bonchev–Trinajstić information content (AvgIpc) is 3.31. The minimum absolute atomic E-state index is 0.192. The first-order valence-electron chi connectivity index (χ1n) is 7.29. The normalized spacial score (nSPS) is 11.0. The van der Waals surface area contributed by atoms with Gasteiger partial charge >= 0.3 is 0 Å². The number of carbonyl (C=O) groups excluding carboxylic acids is 1. The van der Waals surface area contributed by atoms with Crippen LogP contribution in [0.1, 0.15) is 21.1 Å². The number of nitrogens with one attached hydrogen (secondary N) is 2. The second-order valence-corrected chi connectivity index (χ2v) is 6.29. The fourth-order valence-corrected chi connectivity index (χ4v) is 2.94. The molecule has 8 heteroatoms. The molecule has 120 valence electrons. The number of hydrogen-bond donors (Lipinski definition) is 2. The number of benzene rings is 1. The van der Waals surface area contributed by atoms with Crippen LogP contribution in [0, 0.1) is 6.92 Å². The third-order valence-corrected chi connectivity index (χ3v) is 4.31. The Morgan fingerprint density at radius 1 is 1.25 bits per heavy atom. The predicted octanol–water partition coefficient (Wildman–Crippen LogP) is 2.91. The topological polar surface area (TPSA) is 96.7 Å². The molecule has 0 atom stereocenters. The van der Waals surface area contributed by atoms with Crippen molar-refractivity contribution >= 4 is 28.3 Å². The van der Waals surface area contributed by atoms with Gasteiger partial charge in [-0.2, -0.15) is 15.4 Å². The van der Waals surface area contributed by atoms with Gasteiger partial charge in [-0.05, 0) is 37.3 Å². The number of thiazole rings is 1. The number of fused-ring (bicyclic) bond motifs is 1. The Morgan fingerprint density at radius 2 is 2.12 bits per heavy atom. The highest BCUT2D eigenvalue weighted by atomic mass is 32.1. The summed E-state index contributed by atoms with van der Waals surface area (Å²) in [4.78, 5) is 16.6. The molecular weight excluding hydrogens is 326 g/mol. The number of H-pyrrole nitrogens is 1. The molecule has 0 aliphatic heterocycles. The zero-order valence-electron chi connectivity index (χ0n) is 12.7. The summed E-state index contributed by atoms with van der Waals surface area (Å²) in [5.74, 6) is 1.18. The van der Waals surface area contributed by atoms with E-state index in [9.17, 15) is 4.79 Å². The van der Waals surface area contributed by atoms with Gasteiger partial charge in [0.1, 0.15) is 22.5 Å². The molecule has 2 N–H and O–H groups in total. The maximum atomic E-state index is 12.2. The van der Waals surface area contributed by atoms with E-state index in [0.717, 1.165) is 16.2 Å². The van der Waals surface area contributed by atoms with E-state index in [1.165, 1.54) is 0 Å². The second kappa shape index (κ2) is 5.89. The molecular formula is C16H13N5O2S. The highest BCUT2D eigenvalue weighted by Crippen LogP contribution is 2.23. The highest BCUT2D eigenvalue weighted by Gasteiger charge is 2.11. The standard InChI is InChI=1S/C16H13N5O2S/c1-9-18-14(8-24-9)15-5-3-11(23-15)7-17-16(22)10-2-4-12-13(6-10)20-21-19-12/h2-6,8H,7H2,1H3,(H,17,22)(H,19,20,21). The number of aryl methyl sites for hydroxylation is 1. The van der Waals surface area contributed by atoms with Crippen LogP contribution in [0.5, 0.6) is 0 Å². The molecule has 1 aromatic carbocycles. The van der Waals surface area contributed by atoms with Gasteiger partial charge in [-0.1, -0.05) is 0 Å². The van der Waals surface area contributed by atoms with E-state index in [-0.39, 0.29) is 5.91 Å². The zero-order valence-corrected chi connectivity index (χ0v) is 13.6. The van der Waals surface area contributed by atoms with E-state index < -0.39 is 0 Å². The van der Waals surface area contributed by atoms with Crippen LogP contribution in [0.15, 0.2) is 40.1 Å². The second-order valence-electron chi connectivity index (χ2n) is 5.23. The summed E-state index contributed by atoms with van der Waals surface area (Å²) in [6.45, 7) is 2.25. The molecule has 0 spiro atoms. The lowest BCUT2D eigenvalue weighted by molar-refractivity contribution is 0.0948. The highest BCUT2D eigenvalue weighted by molar-refractivity contribution is 7.09. The molecule has 0 aliphatic rings. The Labute approximate surface area is 140 Å². The van der Waals surface area contributed by atoms with Crippen molar-refractivity contribution < 1.29 is 9.21 Å². The number of rotatable bonds is 4. The minimum Gasteiger partial charge on any atom is -0.458 e. The van der Waals surface area contributed by atoms with Crippen LogP contribution in [-0.2, 0) is 6.54 Å². The van der Waals surface area contributed by atoms with Gasteiger partial charge in [0.2, 0.25) is 0 Å². The maximum absolute atomic E-state index is 12.2. The van der Waals surface area contributed by atoms with Crippen LogP contribution in [0.4, 0.5) is 0 Å². The lowest BCUT2D eigenvalue weighted by Gasteiger charge is -2.03. The fraction of sp³-hybridized carbons (Fsp3) is 0.125.